The van der Waals surface area contributed by atoms with Gasteiger partial charge in [0.15, 0.2) is 0 Å². The van der Waals surface area contributed by atoms with E-state index in [4.69, 9.17) is 1.37 Å². The zero-order valence-corrected chi connectivity index (χ0v) is 17.3. The summed E-state index contributed by atoms with van der Waals surface area (Å²) >= 11 is -2.24. The van der Waals surface area contributed by atoms with Crippen molar-refractivity contribution < 1.29 is 5.76 Å². The number of hydrogen-bond acceptors (Lipinski definition) is 1. The first-order valence-electron chi connectivity index (χ1n) is 9.02. The third-order valence-electron chi connectivity index (χ3n) is 4.46. The maximum atomic E-state index is 13.3. The fourth-order valence-corrected chi connectivity index (χ4v) is 6.17. The molecule has 2 aromatic carbocycles. The van der Waals surface area contributed by atoms with Gasteiger partial charge in [-0.15, -0.1) is 0 Å². The van der Waals surface area contributed by atoms with E-state index in [1.54, 1.807) is 12.1 Å². The summed E-state index contributed by atoms with van der Waals surface area (Å²) in [6, 6.07) is 18.3. The molecule has 0 aliphatic heterocycles. The first-order valence-corrected chi connectivity index (χ1v) is 15.9. The average molecular weight is 395 g/mol. The van der Waals surface area contributed by atoms with Crippen LogP contribution in [0.3, 0.4) is 0 Å². The van der Waals surface area contributed by atoms with Crippen molar-refractivity contribution in [3.8, 4) is 11.3 Å². The van der Waals surface area contributed by atoms with Crippen LogP contribution in [0.4, 0.5) is 4.39 Å². The molecule has 0 radical (unpaired) electrons. The molecule has 0 aliphatic rings. The molecule has 3 aromatic rings. The van der Waals surface area contributed by atoms with Crippen LogP contribution in [-0.2, 0) is 0 Å². The molecule has 0 aliphatic carbocycles. The van der Waals surface area contributed by atoms with E-state index in [0.29, 0.717) is 0 Å². The van der Waals surface area contributed by atoms with Gasteiger partial charge in [-0.25, -0.2) is 0 Å². The summed E-state index contributed by atoms with van der Waals surface area (Å²) < 4.78 is 23.7. The van der Waals surface area contributed by atoms with E-state index in [2.05, 4.69) is 22.3 Å². The fraction of sp³-hybridized carbons (Fsp3) is 0.227. The van der Waals surface area contributed by atoms with Gasteiger partial charge in [0, 0.05) is 0 Å². The topological polar surface area (TPSA) is 12.9 Å². The van der Waals surface area contributed by atoms with Crippen LogP contribution in [-0.4, -0.2) is 18.3 Å². The van der Waals surface area contributed by atoms with Crippen molar-refractivity contribution in [1.82, 2.24) is 4.98 Å². The summed E-state index contributed by atoms with van der Waals surface area (Å²) in [5.41, 5.74) is 3.61. The molecule has 0 N–H and O–H groups in total. The molecule has 128 valence electrons. The zero-order chi connectivity index (χ0) is 18.9. The molecule has 0 amide bonds. The van der Waals surface area contributed by atoms with Crippen LogP contribution in [0.1, 0.15) is 25.3 Å². The maximum absolute atomic E-state index is 13.3. The Morgan fingerprint density at radius 3 is 2.24 bits per heavy atom. The Bertz CT molecular complexity index is 900. The van der Waals surface area contributed by atoms with Gasteiger partial charge in [0.25, 0.3) is 0 Å². The van der Waals surface area contributed by atoms with E-state index in [1.165, 1.54) is 16.5 Å². The second-order valence-electron chi connectivity index (χ2n) is 7.36. The Kier molecular flexibility index (Phi) is 4.71. The molecule has 1 unspecified atom stereocenters. The van der Waals surface area contributed by atoms with Gasteiger partial charge in [0.2, 0.25) is 0 Å². The molecule has 3 heteroatoms. The standard InChI is InChI=1S/C22H24FGeN/c1-16(17-8-6-5-7-9-17)20-14-22(18-10-12-19(23)13-11-18)25-15-21(20)24(2,3)4/h5-16H,1-4H3/i16D. The van der Waals surface area contributed by atoms with E-state index in [0.717, 1.165) is 22.4 Å². The van der Waals surface area contributed by atoms with Crippen molar-refractivity contribution in [2.24, 2.45) is 0 Å². The number of hydrogen-bond donors (Lipinski definition) is 0. The fourth-order valence-electron chi connectivity index (χ4n) is 2.99. The molecule has 0 bridgehead atoms. The summed E-state index contributed by atoms with van der Waals surface area (Å²) in [4.78, 5) is 4.65. The van der Waals surface area contributed by atoms with Crippen LogP contribution in [0.15, 0.2) is 66.9 Å². The number of pyridine rings is 1. The summed E-state index contributed by atoms with van der Waals surface area (Å²) in [5.74, 6) is 5.83. The quantitative estimate of drug-likeness (QED) is 0.526. The second-order valence-corrected chi connectivity index (χ2v) is 17.9. The molecule has 1 aromatic heterocycles. The van der Waals surface area contributed by atoms with E-state index in [-0.39, 0.29) is 5.82 Å². The summed E-state index contributed by atoms with van der Waals surface area (Å²) in [7, 11) is 0. The monoisotopic (exact) mass is 396 g/mol. The Morgan fingerprint density at radius 1 is 1.00 bits per heavy atom. The van der Waals surface area contributed by atoms with Crippen LogP contribution >= 0.6 is 0 Å². The summed E-state index contributed by atoms with van der Waals surface area (Å²) in [6.07, 6.45) is 1.95. The number of benzene rings is 2. The third kappa shape index (κ3) is 4.01. The predicted molar refractivity (Wildman–Crippen MR) is 107 cm³/mol. The Morgan fingerprint density at radius 2 is 1.64 bits per heavy atom. The molecule has 1 heterocycles. The van der Waals surface area contributed by atoms with Crippen LogP contribution in [0.2, 0.25) is 17.3 Å². The number of halogens is 1. The van der Waals surface area contributed by atoms with Gasteiger partial charge in [-0.1, -0.05) is 0 Å². The first-order chi connectivity index (χ1) is 12.2. The normalized spacial score (nSPS) is 14.7. The minimum atomic E-state index is -2.24. The third-order valence-corrected chi connectivity index (χ3v) is 8.69. The van der Waals surface area contributed by atoms with E-state index in [9.17, 15) is 4.39 Å². The van der Waals surface area contributed by atoms with Crippen molar-refractivity contribution in [3.05, 3.63) is 83.8 Å². The molecule has 25 heavy (non-hydrogen) atoms. The zero-order valence-electron chi connectivity index (χ0n) is 16.2. The van der Waals surface area contributed by atoms with Gasteiger partial charge in [0.1, 0.15) is 0 Å². The van der Waals surface area contributed by atoms with Crippen molar-refractivity contribution in [3.63, 3.8) is 0 Å². The average Bonchev–Trinajstić information content (AvgIpc) is 2.62. The molecular weight excluding hydrogens is 370 g/mol. The molecule has 0 saturated carbocycles. The molecule has 0 spiro atoms. The van der Waals surface area contributed by atoms with Crippen molar-refractivity contribution >= 4 is 17.7 Å². The Hall–Kier alpha value is -1.94. The SMILES string of the molecule is [2H]C(C)(c1ccccc1)c1cc(-c2ccc(F)cc2)nc[c]1[Ge]([CH3])([CH3])[CH3]. The van der Waals surface area contributed by atoms with Crippen LogP contribution in [0, 0.1) is 5.82 Å². The second kappa shape index (κ2) is 7.13. The molecule has 1 nitrogen and oxygen atoms in total. The Balaban J connectivity index is 2.20. The number of rotatable bonds is 4. The summed E-state index contributed by atoms with van der Waals surface area (Å²) in [5, 5.41) is 0. The van der Waals surface area contributed by atoms with Gasteiger partial charge >= 0.3 is 154 Å². The van der Waals surface area contributed by atoms with Crippen molar-refractivity contribution in [2.75, 3.05) is 0 Å². The van der Waals surface area contributed by atoms with Gasteiger partial charge in [-0.05, 0) is 0 Å². The van der Waals surface area contributed by atoms with E-state index < -0.39 is 19.2 Å². The summed E-state index contributed by atoms with van der Waals surface area (Å²) in [6.45, 7) is 1.95. The van der Waals surface area contributed by atoms with E-state index >= 15 is 0 Å². The van der Waals surface area contributed by atoms with Crippen LogP contribution < -0.4 is 4.40 Å². The van der Waals surface area contributed by atoms with Gasteiger partial charge in [-0.3, -0.25) is 0 Å². The molecular formula is C22H24FGeN. The minimum absolute atomic E-state index is 0.259. The van der Waals surface area contributed by atoms with Gasteiger partial charge in [0.05, 0.1) is 0 Å². The van der Waals surface area contributed by atoms with E-state index in [1.807, 2.05) is 49.5 Å². The Labute approximate surface area is 153 Å². The first kappa shape index (κ1) is 16.5. The molecule has 1 atom stereocenters. The molecule has 0 fully saturated rings. The van der Waals surface area contributed by atoms with Crippen molar-refractivity contribution in [2.45, 2.75) is 30.1 Å². The molecule has 0 saturated heterocycles. The van der Waals surface area contributed by atoms with Crippen LogP contribution in [0.25, 0.3) is 11.3 Å². The molecule has 3 rings (SSSR count). The van der Waals surface area contributed by atoms with Gasteiger partial charge < -0.3 is 0 Å². The predicted octanol–water partition coefficient (Wildman–Crippen LogP) is 5.58. The van der Waals surface area contributed by atoms with Gasteiger partial charge in [-0.2, -0.15) is 0 Å². The number of aromatic nitrogens is 1. The van der Waals surface area contributed by atoms with Crippen LogP contribution in [0.5, 0.6) is 0 Å². The van der Waals surface area contributed by atoms with Crippen molar-refractivity contribution in [1.29, 1.82) is 0 Å². The number of nitrogens with zero attached hydrogens (tertiary/aromatic N) is 1.